The quantitative estimate of drug-likeness (QED) is 0.604. The van der Waals surface area contributed by atoms with Crippen LogP contribution in [0.5, 0.6) is 0 Å². The first-order chi connectivity index (χ1) is 6.18. The number of hydrogen-bond acceptors (Lipinski definition) is 4. The maximum absolute atomic E-state index is 4.30. The summed E-state index contributed by atoms with van der Waals surface area (Å²) >= 11 is 0. The predicted octanol–water partition coefficient (Wildman–Crippen LogP) is 1.35. The summed E-state index contributed by atoms with van der Waals surface area (Å²) in [6, 6.07) is 0. The van der Waals surface area contributed by atoms with Gasteiger partial charge in [0.1, 0.15) is 23.2 Å². The third-order valence-electron chi connectivity index (χ3n) is 1.95. The van der Waals surface area contributed by atoms with Crippen molar-refractivity contribution in [3.05, 3.63) is 23.5 Å². The SMILES string of the molecule is Cc1nc(C)c2ncnc(C)c2n1. The molecule has 0 unspecified atom stereocenters. The van der Waals surface area contributed by atoms with Gasteiger partial charge in [-0.05, 0) is 20.8 Å². The van der Waals surface area contributed by atoms with Crippen LogP contribution in [0.1, 0.15) is 17.2 Å². The summed E-state index contributed by atoms with van der Waals surface area (Å²) in [5.41, 5.74) is 3.51. The molecule has 2 aromatic rings. The number of fused-ring (bicyclic) bond motifs is 1. The molecule has 0 fully saturated rings. The lowest BCUT2D eigenvalue weighted by Crippen LogP contribution is -1.98. The average Bonchev–Trinajstić information content (AvgIpc) is 2.07. The van der Waals surface area contributed by atoms with Gasteiger partial charge in [0, 0.05) is 0 Å². The van der Waals surface area contributed by atoms with Gasteiger partial charge in [-0.25, -0.2) is 19.9 Å². The van der Waals surface area contributed by atoms with E-state index >= 15 is 0 Å². The highest BCUT2D eigenvalue weighted by Gasteiger charge is 2.05. The van der Waals surface area contributed by atoms with Gasteiger partial charge in [0.05, 0.1) is 11.4 Å². The first-order valence-electron chi connectivity index (χ1n) is 4.11. The van der Waals surface area contributed by atoms with Crippen LogP contribution in [0.4, 0.5) is 0 Å². The number of aromatic nitrogens is 4. The molecule has 13 heavy (non-hydrogen) atoms. The van der Waals surface area contributed by atoms with Crippen molar-refractivity contribution < 1.29 is 0 Å². The summed E-state index contributed by atoms with van der Waals surface area (Å²) in [7, 11) is 0. The molecule has 2 rings (SSSR count). The molecule has 0 N–H and O–H groups in total. The Balaban J connectivity index is 2.94. The zero-order valence-corrected chi connectivity index (χ0v) is 7.87. The van der Waals surface area contributed by atoms with Crippen molar-refractivity contribution in [2.45, 2.75) is 20.8 Å². The molecule has 4 nitrogen and oxygen atoms in total. The molecule has 0 saturated carbocycles. The third-order valence-corrected chi connectivity index (χ3v) is 1.95. The summed E-state index contributed by atoms with van der Waals surface area (Å²) in [5, 5.41) is 0. The van der Waals surface area contributed by atoms with Crippen molar-refractivity contribution in [2.75, 3.05) is 0 Å². The van der Waals surface area contributed by atoms with E-state index in [0.29, 0.717) is 0 Å². The monoisotopic (exact) mass is 174 g/mol. The predicted molar refractivity (Wildman–Crippen MR) is 49.3 cm³/mol. The summed E-state index contributed by atoms with van der Waals surface area (Å²) < 4.78 is 0. The molecule has 0 saturated heterocycles. The molecule has 0 amide bonds. The van der Waals surface area contributed by atoms with Crippen molar-refractivity contribution in [2.24, 2.45) is 0 Å². The van der Waals surface area contributed by atoms with Gasteiger partial charge in [-0.2, -0.15) is 0 Å². The lowest BCUT2D eigenvalue weighted by Gasteiger charge is -2.02. The molecular formula is C9H10N4. The Morgan fingerprint density at radius 1 is 0.846 bits per heavy atom. The molecule has 66 valence electrons. The molecule has 0 bridgehead atoms. The molecular weight excluding hydrogens is 164 g/mol. The van der Waals surface area contributed by atoms with E-state index in [1.807, 2.05) is 20.8 Å². The third kappa shape index (κ3) is 1.24. The second kappa shape index (κ2) is 2.73. The lowest BCUT2D eigenvalue weighted by atomic mass is 10.3. The van der Waals surface area contributed by atoms with Gasteiger partial charge >= 0.3 is 0 Å². The van der Waals surface area contributed by atoms with E-state index in [-0.39, 0.29) is 0 Å². The molecule has 0 atom stereocenters. The van der Waals surface area contributed by atoms with Gasteiger partial charge in [-0.15, -0.1) is 0 Å². The van der Waals surface area contributed by atoms with Gasteiger partial charge in [-0.3, -0.25) is 0 Å². The summed E-state index contributed by atoms with van der Waals surface area (Å²) in [5.74, 6) is 0.767. The number of nitrogens with zero attached hydrogens (tertiary/aromatic N) is 4. The second-order valence-corrected chi connectivity index (χ2v) is 3.01. The summed E-state index contributed by atoms with van der Waals surface area (Å²) in [4.78, 5) is 16.8. The van der Waals surface area contributed by atoms with Crippen molar-refractivity contribution >= 4 is 11.0 Å². The highest BCUT2D eigenvalue weighted by molar-refractivity contribution is 5.77. The standard InChI is InChI=1S/C9H10N4/c1-5-9-8(11-4-10-5)6(2)12-7(3)13-9/h4H,1-3H3. The lowest BCUT2D eigenvalue weighted by molar-refractivity contribution is 1.01. The van der Waals surface area contributed by atoms with Gasteiger partial charge < -0.3 is 0 Å². The maximum atomic E-state index is 4.30. The topological polar surface area (TPSA) is 51.6 Å². The second-order valence-electron chi connectivity index (χ2n) is 3.01. The van der Waals surface area contributed by atoms with Crippen LogP contribution >= 0.6 is 0 Å². The van der Waals surface area contributed by atoms with Crippen LogP contribution in [-0.4, -0.2) is 19.9 Å². The van der Waals surface area contributed by atoms with E-state index in [4.69, 9.17) is 0 Å². The molecule has 0 aliphatic rings. The van der Waals surface area contributed by atoms with Crippen LogP contribution in [0.3, 0.4) is 0 Å². The molecule has 2 heterocycles. The zero-order chi connectivity index (χ0) is 9.42. The Labute approximate surface area is 76.1 Å². The highest BCUT2D eigenvalue weighted by Crippen LogP contribution is 2.13. The van der Waals surface area contributed by atoms with Crippen molar-refractivity contribution in [1.29, 1.82) is 0 Å². The maximum Gasteiger partial charge on any atom is 0.126 e. The first-order valence-corrected chi connectivity index (χ1v) is 4.11. The molecule has 0 spiro atoms. The van der Waals surface area contributed by atoms with E-state index in [2.05, 4.69) is 19.9 Å². The molecule has 2 aromatic heterocycles. The average molecular weight is 174 g/mol. The van der Waals surface area contributed by atoms with Crippen LogP contribution in [-0.2, 0) is 0 Å². The minimum absolute atomic E-state index is 0.767. The van der Waals surface area contributed by atoms with Crippen molar-refractivity contribution in [1.82, 2.24) is 19.9 Å². The number of aryl methyl sites for hydroxylation is 3. The molecule has 0 aliphatic heterocycles. The molecule has 0 aromatic carbocycles. The zero-order valence-electron chi connectivity index (χ0n) is 7.87. The summed E-state index contributed by atoms with van der Waals surface area (Å²) in [6.07, 6.45) is 1.54. The normalized spacial score (nSPS) is 10.7. The van der Waals surface area contributed by atoms with Crippen molar-refractivity contribution in [3.63, 3.8) is 0 Å². The van der Waals surface area contributed by atoms with E-state index in [1.54, 1.807) is 6.33 Å². The van der Waals surface area contributed by atoms with E-state index in [1.165, 1.54) is 0 Å². The van der Waals surface area contributed by atoms with Gasteiger partial charge in [-0.1, -0.05) is 0 Å². The van der Waals surface area contributed by atoms with Crippen LogP contribution in [0.15, 0.2) is 6.33 Å². The fourth-order valence-electron chi connectivity index (χ4n) is 1.35. The Kier molecular flexibility index (Phi) is 1.69. The fourth-order valence-corrected chi connectivity index (χ4v) is 1.35. The van der Waals surface area contributed by atoms with Gasteiger partial charge in [0.2, 0.25) is 0 Å². The number of rotatable bonds is 0. The Bertz CT molecular complexity index is 464. The van der Waals surface area contributed by atoms with Crippen LogP contribution < -0.4 is 0 Å². The van der Waals surface area contributed by atoms with Crippen LogP contribution in [0, 0.1) is 20.8 Å². The summed E-state index contributed by atoms with van der Waals surface area (Å²) in [6.45, 7) is 5.73. The van der Waals surface area contributed by atoms with Crippen molar-refractivity contribution in [3.8, 4) is 0 Å². The minimum atomic E-state index is 0.767. The molecule has 0 aliphatic carbocycles. The van der Waals surface area contributed by atoms with Crippen LogP contribution in [0.25, 0.3) is 11.0 Å². The van der Waals surface area contributed by atoms with E-state index < -0.39 is 0 Å². The molecule has 0 radical (unpaired) electrons. The van der Waals surface area contributed by atoms with E-state index in [9.17, 15) is 0 Å². The fraction of sp³-hybridized carbons (Fsp3) is 0.333. The van der Waals surface area contributed by atoms with Gasteiger partial charge in [0.25, 0.3) is 0 Å². The largest absolute Gasteiger partial charge is 0.239 e. The van der Waals surface area contributed by atoms with Crippen LogP contribution in [0.2, 0.25) is 0 Å². The smallest absolute Gasteiger partial charge is 0.126 e. The highest BCUT2D eigenvalue weighted by atomic mass is 14.9. The molecule has 4 heteroatoms. The first kappa shape index (κ1) is 8.04. The Morgan fingerprint density at radius 2 is 1.62 bits per heavy atom. The Morgan fingerprint density at radius 3 is 2.38 bits per heavy atom. The Hall–Kier alpha value is -1.58. The number of hydrogen-bond donors (Lipinski definition) is 0. The van der Waals surface area contributed by atoms with Gasteiger partial charge in [0.15, 0.2) is 0 Å². The van der Waals surface area contributed by atoms with E-state index in [0.717, 1.165) is 28.2 Å². The minimum Gasteiger partial charge on any atom is -0.239 e.